The van der Waals surface area contributed by atoms with E-state index in [2.05, 4.69) is 15.7 Å². The first kappa shape index (κ1) is 22.7. The minimum absolute atomic E-state index is 0.113. The quantitative estimate of drug-likeness (QED) is 0.538. The summed E-state index contributed by atoms with van der Waals surface area (Å²) < 4.78 is 5.74. The number of ether oxygens (including phenoxy) is 1. The molecule has 8 nitrogen and oxygen atoms in total. The van der Waals surface area contributed by atoms with Crippen LogP contribution in [0.4, 0.5) is 11.4 Å². The van der Waals surface area contributed by atoms with Gasteiger partial charge in [0.05, 0.1) is 0 Å². The van der Waals surface area contributed by atoms with Gasteiger partial charge in [-0.25, -0.2) is 5.01 Å². The van der Waals surface area contributed by atoms with Crippen LogP contribution in [0.15, 0.2) is 90.0 Å². The summed E-state index contributed by atoms with van der Waals surface area (Å²) in [6.07, 6.45) is 0.335. The lowest BCUT2D eigenvalue weighted by molar-refractivity contribution is -0.135. The number of para-hydroxylation sites is 1. The van der Waals surface area contributed by atoms with E-state index >= 15 is 0 Å². The molecule has 1 aliphatic heterocycles. The lowest BCUT2D eigenvalue weighted by atomic mass is 10.1. The summed E-state index contributed by atoms with van der Waals surface area (Å²) in [5.74, 6) is -0.447. The maximum absolute atomic E-state index is 12.5. The van der Waals surface area contributed by atoms with Crippen LogP contribution in [0.25, 0.3) is 0 Å². The Bertz CT molecular complexity index is 1180. The van der Waals surface area contributed by atoms with Crippen LogP contribution in [0.5, 0.6) is 5.75 Å². The number of carbonyl (C=O) groups excluding carboxylic acids is 3. The average Bonchev–Trinajstić information content (AvgIpc) is 2.86. The minimum atomic E-state index is -0.417. The Morgan fingerprint density at radius 3 is 2.18 bits per heavy atom. The second-order valence-electron chi connectivity index (χ2n) is 7.67. The number of amides is 3. The Labute approximate surface area is 197 Å². The largest absolute Gasteiger partial charge is 0.489 e. The number of carbonyl (C=O) groups is 3. The van der Waals surface area contributed by atoms with Gasteiger partial charge in [-0.15, -0.1) is 0 Å². The van der Waals surface area contributed by atoms with Gasteiger partial charge in [0, 0.05) is 24.2 Å². The van der Waals surface area contributed by atoms with E-state index in [1.807, 2.05) is 36.4 Å². The number of nitrogens with zero attached hydrogens (tertiary/aromatic N) is 2. The standard InChI is InChI=1S/C26H24N4O4/c31-24(27-21-11-13-22(14-12-21)34-18-19-7-3-1-4-8-19)17-30-25(32)16-15-23(29-30)26(33)28-20-9-5-2-6-10-20/h1-14H,15-18H2,(H,27,31)(H,28,33). The lowest BCUT2D eigenvalue weighted by Crippen LogP contribution is -2.40. The SMILES string of the molecule is O=C(CN1N=C(C(=O)Nc2ccccc2)CCC1=O)Nc1ccc(OCc2ccccc2)cc1. The van der Waals surface area contributed by atoms with Crippen LogP contribution < -0.4 is 15.4 Å². The van der Waals surface area contributed by atoms with Gasteiger partial charge in [0.15, 0.2) is 0 Å². The second kappa shape index (κ2) is 10.9. The van der Waals surface area contributed by atoms with Gasteiger partial charge in [0.1, 0.15) is 24.6 Å². The normalized spacial score (nSPS) is 13.1. The molecule has 0 spiro atoms. The van der Waals surface area contributed by atoms with Crippen LogP contribution in [0.1, 0.15) is 18.4 Å². The Morgan fingerprint density at radius 1 is 0.824 bits per heavy atom. The molecule has 0 fully saturated rings. The van der Waals surface area contributed by atoms with Crippen molar-refractivity contribution >= 4 is 34.8 Å². The highest BCUT2D eigenvalue weighted by molar-refractivity contribution is 6.43. The third kappa shape index (κ3) is 6.29. The van der Waals surface area contributed by atoms with E-state index < -0.39 is 11.8 Å². The van der Waals surface area contributed by atoms with Crippen LogP contribution in [0.2, 0.25) is 0 Å². The molecule has 34 heavy (non-hydrogen) atoms. The number of anilines is 2. The molecule has 4 rings (SSSR count). The molecule has 2 N–H and O–H groups in total. The molecule has 8 heteroatoms. The lowest BCUT2D eigenvalue weighted by Gasteiger charge is -2.22. The molecule has 0 bridgehead atoms. The molecule has 172 valence electrons. The summed E-state index contributed by atoms with van der Waals surface area (Å²) in [6.45, 7) is 0.162. The number of hydrogen-bond acceptors (Lipinski definition) is 5. The van der Waals surface area contributed by atoms with Gasteiger partial charge in [0.2, 0.25) is 11.8 Å². The van der Waals surface area contributed by atoms with Crippen molar-refractivity contribution in [2.24, 2.45) is 5.10 Å². The summed E-state index contributed by atoms with van der Waals surface area (Å²) in [5.41, 5.74) is 2.46. The van der Waals surface area contributed by atoms with Gasteiger partial charge in [-0.05, 0) is 42.0 Å². The fourth-order valence-corrected chi connectivity index (χ4v) is 3.33. The predicted molar refractivity (Wildman–Crippen MR) is 129 cm³/mol. The number of rotatable bonds is 8. The maximum Gasteiger partial charge on any atom is 0.271 e. The van der Waals surface area contributed by atoms with Crippen molar-refractivity contribution < 1.29 is 19.1 Å². The number of hydrogen-bond donors (Lipinski definition) is 2. The van der Waals surface area contributed by atoms with Crippen molar-refractivity contribution in [3.8, 4) is 5.75 Å². The van der Waals surface area contributed by atoms with Crippen molar-refractivity contribution in [3.05, 3.63) is 90.5 Å². The van der Waals surface area contributed by atoms with Crippen molar-refractivity contribution in [2.45, 2.75) is 19.4 Å². The highest BCUT2D eigenvalue weighted by Crippen LogP contribution is 2.18. The minimum Gasteiger partial charge on any atom is -0.489 e. The predicted octanol–water partition coefficient (Wildman–Crippen LogP) is 3.82. The molecular weight excluding hydrogens is 432 g/mol. The Morgan fingerprint density at radius 2 is 1.47 bits per heavy atom. The molecule has 3 amide bonds. The smallest absolute Gasteiger partial charge is 0.271 e. The molecular formula is C26H24N4O4. The number of nitrogens with one attached hydrogen (secondary N) is 2. The van der Waals surface area contributed by atoms with Crippen LogP contribution >= 0.6 is 0 Å². The molecule has 0 atom stereocenters. The van der Waals surface area contributed by atoms with Crippen molar-refractivity contribution in [3.63, 3.8) is 0 Å². The van der Waals surface area contributed by atoms with Crippen molar-refractivity contribution in [2.75, 3.05) is 17.2 Å². The molecule has 3 aromatic rings. The number of hydrazone groups is 1. The van der Waals surface area contributed by atoms with E-state index in [1.54, 1.807) is 48.5 Å². The first-order valence-electron chi connectivity index (χ1n) is 10.9. The zero-order valence-electron chi connectivity index (χ0n) is 18.4. The van der Waals surface area contributed by atoms with Crippen molar-refractivity contribution in [1.82, 2.24) is 5.01 Å². The average molecular weight is 457 g/mol. The summed E-state index contributed by atoms with van der Waals surface area (Å²) >= 11 is 0. The number of benzene rings is 3. The molecule has 1 heterocycles. The first-order chi connectivity index (χ1) is 16.6. The summed E-state index contributed by atoms with van der Waals surface area (Å²) in [6, 6.07) is 25.7. The molecule has 0 saturated carbocycles. The third-order valence-electron chi connectivity index (χ3n) is 5.08. The molecule has 1 aliphatic rings. The first-order valence-corrected chi connectivity index (χ1v) is 10.9. The monoisotopic (exact) mass is 456 g/mol. The van der Waals surface area contributed by atoms with Crippen LogP contribution in [0.3, 0.4) is 0 Å². The molecule has 0 aromatic heterocycles. The highest BCUT2D eigenvalue weighted by Gasteiger charge is 2.26. The van der Waals surface area contributed by atoms with Crippen LogP contribution in [-0.4, -0.2) is 35.0 Å². The highest BCUT2D eigenvalue weighted by atomic mass is 16.5. The zero-order chi connectivity index (χ0) is 23.8. The van der Waals surface area contributed by atoms with E-state index in [9.17, 15) is 14.4 Å². The fourth-order valence-electron chi connectivity index (χ4n) is 3.33. The Hall–Kier alpha value is -4.46. The van der Waals surface area contributed by atoms with E-state index in [0.717, 1.165) is 10.6 Å². The molecule has 3 aromatic carbocycles. The third-order valence-corrected chi connectivity index (χ3v) is 5.08. The van der Waals surface area contributed by atoms with Gasteiger partial charge < -0.3 is 15.4 Å². The van der Waals surface area contributed by atoms with E-state index in [4.69, 9.17) is 4.74 Å². The topological polar surface area (TPSA) is 100 Å². The van der Waals surface area contributed by atoms with E-state index in [1.165, 1.54) is 0 Å². The van der Waals surface area contributed by atoms with E-state index in [-0.39, 0.29) is 31.0 Å². The molecule has 0 unspecified atom stereocenters. The van der Waals surface area contributed by atoms with Gasteiger partial charge in [-0.1, -0.05) is 48.5 Å². The maximum atomic E-state index is 12.5. The molecule has 0 aliphatic carbocycles. The van der Waals surface area contributed by atoms with Crippen LogP contribution in [0, 0.1) is 0 Å². The fraction of sp³-hybridized carbons (Fsp3) is 0.154. The summed E-state index contributed by atoms with van der Waals surface area (Å²) in [4.78, 5) is 37.2. The second-order valence-corrected chi connectivity index (χ2v) is 7.67. The molecule has 0 saturated heterocycles. The Balaban J connectivity index is 1.31. The van der Waals surface area contributed by atoms with Gasteiger partial charge >= 0.3 is 0 Å². The van der Waals surface area contributed by atoms with Crippen LogP contribution in [-0.2, 0) is 21.0 Å². The van der Waals surface area contributed by atoms with Gasteiger partial charge in [0.25, 0.3) is 5.91 Å². The summed E-state index contributed by atoms with van der Waals surface area (Å²) in [7, 11) is 0. The van der Waals surface area contributed by atoms with Gasteiger partial charge in [-0.2, -0.15) is 5.10 Å². The zero-order valence-corrected chi connectivity index (χ0v) is 18.4. The Kier molecular flexibility index (Phi) is 7.29. The molecule has 0 radical (unpaired) electrons. The summed E-state index contributed by atoms with van der Waals surface area (Å²) in [5, 5.41) is 10.6. The van der Waals surface area contributed by atoms with Crippen molar-refractivity contribution in [1.29, 1.82) is 0 Å². The van der Waals surface area contributed by atoms with Gasteiger partial charge in [-0.3, -0.25) is 14.4 Å². The van der Waals surface area contributed by atoms with E-state index in [0.29, 0.717) is 23.7 Å².